The van der Waals surface area contributed by atoms with E-state index < -0.39 is 5.51 Å². The summed E-state index contributed by atoms with van der Waals surface area (Å²) in [6.07, 6.45) is 5.64. The third-order valence-corrected chi connectivity index (χ3v) is 2.91. The summed E-state index contributed by atoms with van der Waals surface area (Å²) in [6, 6.07) is 0. The van der Waals surface area contributed by atoms with Crippen molar-refractivity contribution >= 4 is 11.8 Å². The molecule has 0 aliphatic carbocycles. The third-order valence-electron chi connectivity index (χ3n) is 2.09. The van der Waals surface area contributed by atoms with Gasteiger partial charge in [-0.05, 0) is 19.3 Å². The Labute approximate surface area is 100 Å². The predicted octanol–water partition coefficient (Wildman–Crippen LogP) is 4.62. The van der Waals surface area contributed by atoms with Crippen LogP contribution in [0.5, 0.6) is 0 Å². The molecule has 98 valence electrons. The van der Waals surface area contributed by atoms with Crippen LogP contribution in [0.1, 0.15) is 45.4 Å². The molecule has 0 saturated carbocycles. The number of unbranched alkanes of at least 4 members (excludes halogenated alkanes) is 4. The minimum Gasteiger partial charge on any atom is -0.381 e. The van der Waals surface area contributed by atoms with E-state index in [4.69, 9.17) is 4.74 Å². The number of alkyl halides is 3. The topological polar surface area (TPSA) is 9.23 Å². The fraction of sp³-hybridized carbons (Fsp3) is 1.00. The van der Waals surface area contributed by atoms with Crippen molar-refractivity contribution in [2.45, 2.75) is 51.0 Å². The molecule has 0 aromatic heterocycles. The standard InChI is InChI=1S/C11H21F3OS/c1-2-3-8-15-9-6-4-5-7-10-16-11(12,13)14/h2-10H2,1H3. The van der Waals surface area contributed by atoms with Gasteiger partial charge in [0.15, 0.2) is 0 Å². The number of thioether (sulfide) groups is 1. The van der Waals surface area contributed by atoms with Crippen LogP contribution in [0.25, 0.3) is 0 Å². The van der Waals surface area contributed by atoms with Crippen molar-refractivity contribution in [3.63, 3.8) is 0 Å². The molecule has 0 radical (unpaired) electrons. The van der Waals surface area contributed by atoms with E-state index in [-0.39, 0.29) is 17.5 Å². The lowest BCUT2D eigenvalue weighted by Crippen LogP contribution is -2.01. The Morgan fingerprint density at radius 1 is 0.938 bits per heavy atom. The molecule has 0 amide bonds. The van der Waals surface area contributed by atoms with E-state index >= 15 is 0 Å². The number of ether oxygens (including phenoxy) is 1. The molecule has 0 heterocycles. The van der Waals surface area contributed by atoms with Gasteiger partial charge < -0.3 is 4.74 Å². The van der Waals surface area contributed by atoms with Crippen LogP contribution >= 0.6 is 11.8 Å². The molecule has 0 bridgehead atoms. The lowest BCUT2D eigenvalue weighted by atomic mass is 10.2. The quantitative estimate of drug-likeness (QED) is 0.529. The number of hydrogen-bond acceptors (Lipinski definition) is 2. The number of rotatable bonds is 10. The molecule has 0 N–H and O–H groups in total. The first kappa shape index (κ1) is 16.1. The summed E-state index contributed by atoms with van der Waals surface area (Å²) in [4.78, 5) is 0. The van der Waals surface area contributed by atoms with Crippen LogP contribution in [-0.2, 0) is 4.74 Å². The van der Waals surface area contributed by atoms with E-state index in [0.29, 0.717) is 6.42 Å². The lowest BCUT2D eigenvalue weighted by molar-refractivity contribution is -0.0328. The summed E-state index contributed by atoms with van der Waals surface area (Å²) in [5, 5.41) is 0. The molecule has 0 atom stereocenters. The molecular formula is C11H21F3OS. The Hall–Kier alpha value is 0.100. The van der Waals surface area contributed by atoms with Crippen LogP contribution in [0.2, 0.25) is 0 Å². The SMILES string of the molecule is CCCCOCCCCCCSC(F)(F)F. The van der Waals surface area contributed by atoms with Crippen molar-refractivity contribution in [1.29, 1.82) is 0 Å². The highest BCUT2D eigenvalue weighted by atomic mass is 32.2. The van der Waals surface area contributed by atoms with Gasteiger partial charge in [0.25, 0.3) is 0 Å². The molecule has 0 spiro atoms. The molecule has 0 aromatic rings. The Balaban J connectivity index is 2.99. The highest BCUT2D eigenvalue weighted by Gasteiger charge is 2.27. The maximum atomic E-state index is 11.7. The zero-order valence-corrected chi connectivity index (χ0v) is 10.6. The average molecular weight is 258 g/mol. The summed E-state index contributed by atoms with van der Waals surface area (Å²) >= 11 is 0.0772. The van der Waals surface area contributed by atoms with E-state index in [2.05, 4.69) is 6.92 Å². The predicted molar refractivity (Wildman–Crippen MR) is 62.7 cm³/mol. The van der Waals surface area contributed by atoms with Crippen LogP contribution in [0, 0.1) is 0 Å². The summed E-state index contributed by atoms with van der Waals surface area (Å²) in [7, 11) is 0. The minimum absolute atomic E-state index is 0.0772. The first-order chi connectivity index (χ1) is 7.56. The second kappa shape index (κ2) is 10.3. The van der Waals surface area contributed by atoms with Gasteiger partial charge in [0.1, 0.15) is 0 Å². The highest BCUT2D eigenvalue weighted by molar-refractivity contribution is 8.00. The summed E-state index contributed by atoms with van der Waals surface area (Å²) in [6.45, 7) is 3.66. The molecule has 16 heavy (non-hydrogen) atoms. The third kappa shape index (κ3) is 14.1. The molecule has 5 heteroatoms. The van der Waals surface area contributed by atoms with Gasteiger partial charge in [-0.2, -0.15) is 13.2 Å². The van der Waals surface area contributed by atoms with Gasteiger partial charge in [0, 0.05) is 19.0 Å². The minimum atomic E-state index is -4.07. The monoisotopic (exact) mass is 258 g/mol. The number of halogens is 3. The molecule has 0 saturated heterocycles. The number of hydrogen-bond donors (Lipinski definition) is 0. The van der Waals surface area contributed by atoms with Crippen LogP contribution in [0.4, 0.5) is 13.2 Å². The molecule has 0 aromatic carbocycles. The Morgan fingerprint density at radius 3 is 2.19 bits per heavy atom. The van der Waals surface area contributed by atoms with Gasteiger partial charge >= 0.3 is 5.51 Å². The van der Waals surface area contributed by atoms with E-state index in [1.807, 2.05) is 0 Å². The summed E-state index contributed by atoms with van der Waals surface area (Å²) in [5.41, 5.74) is -4.07. The van der Waals surface area contributed by atoms with E-state index in [1.54, 1.807) is 0 Å². The van der Waals surface area contributed by atoms with Crippen LogP contribution in [0.15, 0.2) is 0 Å². The summed E-state index contributed by atoms with van der Waals surface area (Å²) < 4.78 is 40.6. The fourth-order valence-corrected chi connectivity index (χ4v) is 1.78. The zero-order valence-electron chi connectivity index (χ0n) is 9.81. The molecule has 0 rings (SSSR count). The summed E-state index contributed by atoms with van der Waals surface area (Å²) in [5.74, 6) is 0.181. The maximum Gasteiger partial charge on any atom is 0.441 e. The lowest BCUT2D eigenvalue weighted by Gasteiger charge is -2.05. The van der Waals surface area contributed by atoms with Crippen molar-refractivity contribution in [2.24, 2.45) is 0 Å². The molecule has 0 aliphatic rings. The van der Waals surface area contributed by atoms with Crippen molar-refractivity contribution < 1.29 is 17.9 Å². The van der Waals surface area contributed by atoms with Crippen molar-refractivity contribution in [3.05, 3.63) is 0 Å². The molecule has 0 aliphatic heterocycles. The van der Waals surface area contributed by atoms with E-state index in [0.717, 1.165) is 45.3 Å². The normalized spacial score (nSPS) is 12.0. The van der Waals surface area contributed by atoms with Gasteiger partial charge in [-0.15, -0.1) is 0 Å². The molecule has 0 unspecified atom stereocenters. The molecule has 0 fully saturated rings. The van der Waals surface area contributed by atoms with Crippen LogP contribution in [-0.4, -0.2) is 24.5 Å². The molecular weight excluding hydrogens is 237 g/mol. The van der Waals surface area contributed by atoms with Gasteiger partial charge in [-0.1, -0.05) is 37.9 Å². The van der Waals surface area contributed by atoms with Gasteiger partial charge in [-0.25, -0.2) is 0 Å². The second-order valence-corrected chi connectivity index (χ2v) is 4.83. The van der Waals surface area contributed by atoms with Crippen molar-refractivity contribution in [2.75, 3.05) is 19.0 Å². The fourth-order valence-electron chi connectivity index (χ4n) is 1.20. The first-order valence-electron chi connectivity index (χ1n) is 5.84. The van der Waals surface area contributed by atoms with Gasteiger partial charge in [-0.3, -0.25) is 0 Å². The van der Waals surface area contributed by atoms with Gasteiger partial charge in [0.2, 0.25) is 0 Å². The zero-order chi connectivity index (χ0) is 12.3. The van der Waals surface area contributed by atoms with Gasteiger partial charge in [0.05, 0.1) is 0 Å². The van der Waals surface area contributed by atoms with E-state index in [1.165, 1.54) is 0 Å². The van der Waals surface area contributed by atoms with Crippen molar-refractivity contribution in [3.8, 4) is 0 Å². The molecule has 1 nitrogen and oxygen atoms in total. The average Bonchev–Trinajstić information content (AvgIpc) is 2.19. The second-order valence-electron chi connectivity index (χ2n) is 3.67. The highest BCUT2D eigenvalue weighted by Crippen LogP contribution is 2.30. The van der Waals surface area contributed by atoms with Crippen molar-refractivity contribution in [1.82, 2.24) is 0 Å². The Bertz CT molecular complexity index is 151. The smallest absolute Gasteiger partial charge is 0.381 e. The Kier molecular flexibility index (Phi) is 10.3. The first-order valence-corrected chi connectivity index (χ1v) is 6.83. The largest absolute Gasteiger partial charge is 0.441 e. The van der Waals surface area contributed by atoms with E-state index in [9.17, 15) is 13.2 Å². The maximum absolute atomic E-state index is 11.7. The Morgan fingerprint density at radius 2 is 1.56 bits per heavy atom. The van der Waals surface area contributed by atoms with Crippen LogP contribution < -0.4 is 0 Å². The van der Waals surface area contributed by atoms with Crippen LogP contribution in [0.3, 0.4) is 0 Å².